The summed E-state index contributed by atoms with van der Waals surface area (Å²) in [4.78, 5) is 25.8. The van der Waals surface area contributed by atoms with Crippen LogP contribution in [0.2, 0.25) is 0 Å². The number of benzene rings is 1. The van der Waals surface area contributed by atoms with Gasteiger partial charge < -0.3 is 15.4 Å². The summed E-state index contributed by atoms with van der Waals surface area (Å²) in [6, 6.07) is 5.33. The minimum Gasteiger partial charge on any atom is -0.477 e. The van der Waals surface area contributed by atoms with Gasteiger partial charge in [0.05, 0.1) is 5.56 Å². The normalized spacial score (nSPS) is 10.3. The zero-order valence-electron chi connectivity index (χ0n) is 11.0. The molecule has 0 fully saturated rings. The number of carbonyl (C=O) groups is 2. The number of carboxylic acids is 1. The van der Waals surface area contributed by atoms with Crippen LogP contribution in [0.3, 0.4) is 0 Å². The summed E-state index contributed by atoms with van der Waals surface area (Å²) in [5, 5.41) is 11.6. The maximum Gasteiger partial charge on any atom is 0.352 e. The Balaban J connectivity index is 2.30. The lowest BCUT2D eigenvalue weighted by Gasteiger charge is -2.06. The Morgan fingerprint density at radius 1 is 1.20 bits per heavy atom. The Morgan fingerprint density at radius 3 is 2.30 bits per heavy atom. The van der Waals surface area contributed by atoms with Crippen LogP contribution in [-0.2, 0) is 0 Å². The molecular formula is C14H13FN2O3. The second kappa shape index (κ2) is 5.16. The molecule has 0 bridgehead atoms. The number of carbonyl (C=O) groups excluding carboxylic acids is 1. The van der Waals surface area contributed by atoms with Crippen LogP contribution < -0.4 is 5.32 Å². The summed E-state index contributed by atoms with van der Waals surface area (Å²) < 4.78 is 12.8. The summed E-state index contributed by atoms with van der Waals surface area (Å²) >= 11 is 0. The molecule has 2 rings (SSSR count). The van der Waals surface area contributed by atoms with Crippen LogP contribution >= 0.6 is 0 Å². The molecule has 1 aromatic carbocycles. The van der Waals surface area contributed by atoms with E-state index in [9.17, 15) is 14.0 Å². The number of hydrogen-bond acceptors (Lipinski definition) is 2. The molecule has 1 aromatic heterocycles. The molecule has 0 atom stereocenters. The van der Waals surface area contributed by atoms with Crippen molar-refractivity contribution in [2.75, 3.05) is 5.32 Å². The molecule has 104 valence electrons. The van der Waals surface area contributed by atoms with Gasteiger partial charge >= 0.3 is 5.97 Å². The summed E-state index contributed by atoms with van der Waals surface area (Å²) in [5.41, 5.74) is 1.56. The van der Waals surface area contributed by atoms with Crippen molar-refractivity contribution in [3.63, 3.8) is 0 Å². The number of hydrogen-bond donors (Lipinski definition) is 3. The van der Waals surface area contributed by atoms with Gasteiger partial charge in [-0.3, -0.25) is 4.79 Å². The number of rotatable bonds is 3. The number of anilines is 1. The fourth-order valence-electron chi connectivity index (χ4n) is 2.03. The Kier molecular flexibility index (Phi) is 3.56. The topological polar surface area (TPSA) is 82.2 Å². The van der Waals surface area contributed by atoms with Gasteiger partial charge in [0.2, 0.25) is 0 Å². The van der Waals surface area contributed by atoms with Gasteiger partial charge in [0.1, 0.15) is 11.5 Å². The molecule has 0 spiro atoms. The third-order valence-electron chi connectivity index (χ3n) is 2.98. The molecule has 0 aliphatic carbocycles. The molecule has 20 heavy (non-hydrogen) atoms. The minimum absolute atomic E-state index is 0.00763. The van der Waals surface area contributed by atoms with E-state index in [0.717, 1.165) is 0 Å². The number of aromatic amines is 1. The van der Waals surface area contributed by atoms with E-state index in [4.69, 9.17) is 5.11 Å². The van der Waals surface area contributed by atoms with E-state index < -0.39 is 17.7 Å². The van der Waals surface area contributed by atoms with Gasteiger partial charge in [-0.1, -0.05) is 0 Å². The molecule has 0 unspecified atom stereocenters. The van der Waals surface area contributed by atoms with E-state index in [1.807, 2.05) is 0 Å². The molecule has 5 nitrogen and oxygen atoms in total. The smallest absolute Gasteiger partial charge is 0.352 e. The van der Waals surface area contributed by atoms with E-state index in [1.165, 1.54) is 24.3 Å². The van der Waals surface area contributed by atoms with Crippen molar-refractivity contribution in [1.82, 2.24) is 4.98 Å². The highest BCUT2D eigenvalue weighted by atomic mass is 19.1. The predicted octanol–water partition coefficient (Wildman–Crippen LogP) is 2.72. The maximum atomic E-state index is 12.8. The van der Waals surface area contributed by atoms with E-state index in [1.54, 1.807) is 13.8 Å². The summed E-state index contributed by atoms with van der Waals surface area (Å²) in [5.74, 6) is -1.95. The Morgan fingerprint density at radius 2 is 1.80 bits per heavy atom. The van der Waals surface area contributed by atoms with Gasteiger partial charge in [0.15, 0.2) is 0 Å². The van der Waals surface area contributed by atoms with Crippen LogP contribution in [-0.4, -0.2) is 22.0 Å². The van der Waals surface area contributed by atoms with E-state index in [-0.39, 0.29) is 11.3 Å². The van der Waals surface area contributed by atoms with Crippen molar-refractivity contribution in [2.45, 2.75) is 13.8 Å². The molecule has 1 amide bonds. The number of halogens is 1. The van der Waals surface area contributed by atoms with Gasteiger partial charge in [-0.15, -0.1) is 0 Å². The number of nitrogens with one attached hydrogen (secondary N) is 2. The van der Waals surface area contributed by atoms with Gasteiger partial charge in [0, 0.05) is 11.4 Å². The van der Waals surface area contributed by atoms with Crippen molar-refractivity contribution in [1.29, 1.82) is 0 Å². The molecule has 1 heterocycles. The Bertz CT molecular complexity index is 674. The highest BCUT2D eigenvalue weighted by Crippen LogP contribution is 2.19. The van der Waals surface area contributed by atoms with Crippen LogP contribution in [0, 0.1) is 19.7 Å². The van der Waals surface area contributed by atoms with Gasteiger partial charge in [-0.2, -0.15) is 0 Å². The number of H-pyrrole nitrogens is 1. The molecule has 6 heteroatoms. The lowest BCUT2D eigenvalue weighted by Crippen LogP contribution is -2.13. The quantitative estimate of drug-likeness (QED) is 0.806. The van der Waals surface area contributed by atoms with Crippen molar-refractivity contribution in [3.8, 4) is 0 Å². The average molecular weight is 276 g/mol. The van der Waals surface area contributed by atoms with Crippen LogP contribution in [0.15, 0.2) is 24.3 Å². The number of aromatic carboxylic acids is 1. The first-order valence-electron chi connectivity index (χ1n) is 5.89. The summed E-state index contributed by atoms with van der Waals surface area (Å²) in [6.45, 7) is 3.19. The summed E-state index contributed by atoms with van der Waals surface area (Å²) in [7, 11) is 0. The van der Waals surface area contributed by atoms with Crippen LogP contribution in [0.1, 0.15) is 32.1 Å². The lowest BCUT2D eigenvalue weighted by atomic mass is 10.1. The number of carboxylic acid groups (broad SMARTS) is 1. The first-order chi connectivity index (χ1) is 9.40. The van der Waals surface area contributed by atoms with Crippen molar-refractivity contribution in [2.24, 2.45) is 0 Å². The first kappa shape index (κ1) is 13.8. The predicted molar refractivity (Wildman–Crippen MR) is 71.6 cm³/mol. The zero-order valence-corrected chi connectivity index (χ0v) is 11.0. The van der Waals surface area contributed by atoms with Crippen LogP contribution in [0.25, 0.3) is 0 Å². The number of aryl methyl sites for hydroxylation is 1. The van der Waals surface area contributed by atoms with E-state index in [0.29, 0.717) is 16.9 Å². The highest BCUT2D eigenvalue weighted by Gasteiger charge is 2.21. The standard InChI is InChI=1S/C14H13FN2O3/c1-7-11(8(2)16-12(7)14(19)20)13(18)17-10-5-3-9(15)4-6-10/h3-6,16H,1-2H3,(H,17,18)(H,19,20). The number of amides is 1. The Hall–Kier alpha value is -2.63. The van der Waals surface area contributed by atoms with E-state index >= 15 is 0 Å². The van der Waals surface area contributed by atoms with Crippen LogP contribution in [0.4, 0.5) is 10.1 Å². The average Bonchev–Trinajstić information content (AvgIpc) is 2.68. The second-order valence-corrected chi connectivity index (χ2v) is 4.39. The highest BCUT2D eigenvalue weighted by molar-refractivity contribution is 6.08. The van der Waals surface area contributed by atoms with Gasteiger partial charge in [-0.25, -0.2) is 9.18 Å². The first-order valence-corrected chi connectivity index (χ1v) is 5.89. The van der Waals surface area contributed by atoms with Crippen molar-refractivity contribution in [3.05, 3.63) is 52.6 Å². The minimum atomic E-state index is -1.12. The lowest BCUT2D eigenvalue weighted by molar-refractivity contribution is 0.0690. The molecule has 0 saturated carbocycles. The molecule has 0 aliphatic heterocycles. The largest absolute Gasteiger partial charge is 0.477 e. The van der Waals surface area contributed by atoms with Crippen molar-refractivity contribution >= 4 is 17.6 Å². The second-order valence-electron chi connectivity index (χ2n) is 4.39. The third kappa shape index (κ3) is 2.54. The monoisotopic (exact) mass is 276 g/mol. The van der Waals surface area contributed by atoms with Gasteiger partial charge in [0.25, 0.3) is 5.91 Å². The maximum absolute atomic E-state index is 12.8. The molecular weight excluding hydrogens is 263 g/mol. The summed E-state index contributed by atoms with van der Waals surface area (Å²) in [6.07, 6.45) is 0. The fourth-order valence-corrected chi connectivity index (χ4v) is 2.03. The Labute approximate surface area is 114 Å². The SMILES string of the molecule is Cc1[nH]c(C(=O)O)c(C)c1C(=O)Nc1ccc(F)cc1. The van der Waals surface area contributed by atoms with Gasteiger partial charge in [-0.05, 0) is 43.7 Å². The number of aromatic nitrogens is 1. The molecule has 0 aliphatic rings. The van der Waals surface area contributed by atoms with Crippen molar-refractivity contribution < 1.29 is 19.1 Å². The third-order valence-corrected chi connectivity index (χ3v) is 2.98. The molecule has 2 aromatic rings. The van der Waals surface area contributed by atoms with E-state index in [2.05, 4.69) is 10.3 Å². The fraction of sp³-hybridized carbons (Fsp3) is 0.143. The molecule has 0 radical (unpaired) electrons. The zero-order chi connectivity index (χ0) is 14.9. The van der Waals surface area contributed by atoms with Crippen LogP contribution in [0.5, 0.6) is 0 Å². The molecule has 0 saturated heterocycles. The molecule has 3 N–H and O–H groups in total.